The molecule has 5 heteroatoms. The minimum absolute atomic E-state index is 0.0707. The lowest BCUT2D eigenvalue weighted by Gasteiger charge is -2.34. The Morgan fingerprint density at radius 1 is 0.970 bits per heavy atom. The summed E-state index contributed by atoms with van der Waals surface area (Å²) in [6, 6.07) is 17.0. The normalized spacial score (nSPS) is 25.0. The van der Waals surface area contributed by atoms with Gasteiger partial charge >= 0.3 is 0 Å². The average Bonchev–Trinajstić information content (AvgIpc) is 3.24. The minimum atomic E-state index is -1.48. The van der Waals surface area contributed by atoms with E-state index in [0.717, 1.165) is 5.56 Å². The first-order valence-electron chi connectivity index (χ1n) is 11.1. The molecule has 33 heavy (non-hydrogen) atoms. The van der Waals surface area contributed by atoms with Gasteiger partial charge in [-0.2, -0.15) is 5.26 Å². The van der Waals surface area contributed by atoms with Gasteiger partial charge in [0, 0.05) is 28.7 Å². The van der Waals surface area contributed by atoms with Gasteiger partial charge in [-0.3, -0.25) is 14.4 Å². The van der Waals surface area contributed by atoms with Gasteiger partial charge in [0.2, 0.25) is 0 Å². The molecule has 0 amide bonds. The van der Waals surface area contributed by atoms with Gasteiger partial charge in [-0.15, -0.1) is 0 Å². The maximum Gasteiger partial charge on any atom is 0.180 e. The van der Waals surface area contributed by atoms with Crippen LogP contribution < -0.4 is 0 Å². The van der Waals surface area contributed by atoms with E-state index < -0.39 is 28.8 Å². The Kier molecular flexibility index (Phi) is 4.54. The highest BCUT2D eigenvalue weighted by molar-refractivity contribution is 6.31. The molecule has 0 unspecified atom stereocenters. The van der Waals surface area contributed by atoms with Gasteiger partial charge in [-0.25, -0.2) is 0 Å². The van der Waals surface area contributed by atoms with E-state index in [2.05, 4.69) is 6.07 Å². The van der Waals surface area contributed by atoms with Crippen LogP contribution in [0.1, 0.15) is 53.0 Å². The highest BCUT2D eigenvalue weighted by atomic mass is 16.2. The third-order valence-electron chi connectivity index (χ3n) is 7.12. The van der Waals surface area contributed by atoms with Crippen molar-refractivity contribution < 1.29 is 14.4 Å². The van der Waals surface area contributed by atoms with Crippen molar-refractivity contribution in [3.8, 4) is 6.07 Å². The average molecular weight is 437 g/mol. The molecule has 3 atom stereocenters. The van der Waals surface area contributed by atoms with Crippen LogP contribution in [-0.4, -0.2) is 34.3 Å². The highest BCUT2D eigenvalue weighted by Crippen LogP contribution is 2.59. The van der Waals surface area contributed by atoms with Gasteiger partial charge in [-0.05, 0) is 11.6 Å². The molecule has 2 aromatic carbocycles. The first-order valence-corrected chi connectivity index (χ1v) is 11.1. The quantitative estimate of drug-likeness (QED) is 0.649. The van der Waals surface area contributed by atoms with E-state index in [-0.39, 0.29) is 17.3 Å². The fraction of sp³-hybridized carbons (Fsp3) is 0.286. The van der Waals surface area contributed by atoms with E-state index >= 15 is 0 Å². The molecule has 0 bridgehead atoms. The predicted octanol–water partition coefficient (Wildman–Crippen LogP) is 4.48. The van der Waals surface area contributed by atoms with Crippen LogP contribution in [0.3, 0.4) is 0 Å². The second kappa shape index (κ2) is 7.11. The molecular weight excluding hydrogens is 412 g/mol. The van der Waals surface area contributed by atoms with Gasteiger partial charge in [-0.1, -0.05) is 81.4 Å². The SMILES string of the molecule is CC(C)(C)C(=O)[C@H]1[C@H](c2ccccc2)C2(C(=O)c3ccccc3C2=O)[C@H]2C=CC(C#N)=CN12. The standard InChI is InChI=1S/C28H24N2O3/c1-27(2,3)26(33)23-22(18-9-5-4-6-10-18)28(21-14-13-17(15-29)16-30(21)23)24(31)19-11-7-8-12-20(19)25(28)32/h4-14,16,21-23H,1-3H3/t21-,22+,23-/m1/s1. The number of fused-ring (bicyclic) bond motifs is 3. The molecule has 3 aliphatic rings. The maximum absolute atomic E-state index is 14.2. The molecule has 1 spiro atoms. The van der Waals surface area contributed by atoms with E-state index in [9.17, 15) is 19.6 Å². The van der Waals surface area contributed by atoms with Crippen molar-refractivity contribution in [3.05, 3.63) is 95.2 Å². The third kappa shape index (κ3) is 2.74. The number of carbonyl (C=O) groups excluding carboxylic acids is 3. The molecule has 2 aliphatic heterocycles. The largest absolute Gasteiger partial charge is 0.358 e. The molecule has 0 N–H and O–H groups in total. The topological polar surface area (TPSA) is 78.2 Å². The number of carbonyl (C=O) groups is 3. The minimum Gasteiger partial charge on any atom is -0.358 e. The van der Waals surface area contributed by atoms with E-state index in [1.807, 2.05) is 51.1 Å². The van der Waals surface area contributed by atoms with Gasteiger partial charge in [0.15, 0.2) is 17.3 Å². The molecule has 2 aromatic rings. The number of hydrogen-bond acceptors (Lipinski definition) is 5. The second-order valence-electron chi connectivity index (χ2n) is 9.97. The molecule has 0 radical (unpaired) electrons. The number of nitriles is 1. The summed E-state index contributed by atoms with van der Waals surface area (Å²) in [7, 11) is 0. The van der Waals surface area contributed by atoms with Crippen molar-refractivity contribution in [1.29, 1.82) is 5.26 Å². The Morgan fingerprint density at radius 2 is 1.55 bits per heavy atom. The number of nitrogens with zero attached hydrogens (tertiary/aromatic N) is 2. The van der Waals surface area contributed by atoms with Crippen molar-refractivity contribution in [1.82, 2.24) is 4.90 Å². The summed E-state index contributed by atoms with van der Waals surface area (Å²) in [5, 5.41) is 9.57. The number of hydrogen-bond donors (Lipinski definition) is 0. The monoisotopic (exact) mass is 436 g/mol. The number of benzene rings is 2. The molecule has 2 heterocycles. The smallest absolute Gasteiger partial charge is 0.180 e. The van der Waals surface area contributed by atoms with Gasteiger partial charge in [0.1, 0.15) is 11.5 Å². The number of rotatable bonds is 2. The Hall–Kier alpha value is -3.78. The second-order valence-corrected chi connectivity index (χ2v) is 9.97. The number of Topliss-reactive ketones (excluding diaryl/α,β-unsaturated/α-hetero) is 3. The van der Waals surface area contributed by atoms with Gasteiger partial charge in [0.05, 0.1) is 17.7 Å². The summed E-state index contributed by atoms with van der Waals surface area (Å²) in [6.45, 7) is 5.54. The Balaban J connectivity index is 1.84. The van der Waals surface area contributed by atoms with Crippen LogP contribution >= 0.6 is 0 Å². The van der Waals surface area contributed by atoms with E-state index in [1.165, 1.54) is 0 Å². The molecular formula is C28H24N2O3. The molecule has 0 aromatic heterocycles. The van der Waals surface area contributed by atoms with Crippen molar-refractivity contribution in [3.63, 3.8) is 0 Å². The Morgan fingerprint density at radius 3 is 2.09 bits per heavy atom. The Labute approximate surface area is 193 Å². The predicted molar refractivity (Wildman–Crippen MR) is 123 cm³/mol. The van der Waals surface area contributed by atoms with Crippen LogP contribution in [-0.2, 0) is 4.79 Å². The highest BCUT2D eigenvalue weighted by Gasteiger charge is 2.71. The lowest BCUT2D eigenvalue weighted by Crippen LogP contribution is -2.47. The fourth-order valence-corrected chi connectivity index (χ4v) is 5.70. The van der Waals surface area contributed by atoms with Crippen molar-refractivity contribution in [2.45, 2.75) is 38.8 Å². The molecule has 0 saturated carbocycles. The fourth-order valence-electron chi connectivity index (χ4n) is 5.70. The zero-order chi connectivity index (χ0) is 23.5. The lowest BCUT2D eigenvalue weighted by molar-refractivity contribution is -0.130. The molecule has 5 nitrogen and oxygen atoms in total. The maximum atomic E-state index is 14.2. The Bertz CT molecular complexity index is 1260. The van der Waals surface area contributed by atoms with Crippen LogP contribution in [0.5, 0.6) is 0 Å². The van der Waals surface area contributed by atoms with Crippen molar-refractivity contribution >= 4 is 17.3 Å². The summed E-state index contributed by atoms with van der Waals surface area (Å²) in [6.07, 6.45) is 5.05. The van der Waals surface area contributed by atoms with Crippen molar-refractivity contribution in [2.24, 2.45) is 10.8 Å². The van der Waals surface area contributed by atoms with E-state index in [4.69, 9.17) is 0 Å². The van der Waals surface area contributed by atoms with Gasteiger partial charge in [0.25, 0.3) is 0 Å². The van der Waals surface area contributed by atoms with Crippen LogP contribution in [0, 0.1) is 22.2 Å². The third-order valence-corrected chi connectivity index (χ3v) is 7.12. The summed E-state index contributed by atoms with van der Waals surface area (Å²) in [4.78, 5) is 44.0. The number of allylic oxidation sites excluding steroid dienone is 2. The van der Waals surface area contributed by atoms with Crippen LogP contribution in [0.25, 0.3) is 0 Å². The zero-order valence-electron chi connectivity index (χ0n) is 18.8. The molecule has 1 saturated heterocycles. The van der Waals surface area contributed by atoms with Crippen LogP contribution in [0.15, 0.2) is 78.5 Å². The first kappa shape index (κ1) is 21.1. The van der Waals surface area contributed by atoms with E-state index in [0.29, 0.717) is 16.7 Å². The first-order chi connectivity index (χ1) is 15.7. The van der Waals surface area contributed by atoms with E-state index in [1.54, 1.807) is 47.5 Å². The lowest BCUT2D eigenvalue weighted by atomic mass is 9.63. The summed E-state index contributed by atoms with van der Waals surface area (Å²) in [5.41, 5.74) is -0.245. The zero-order valence-corrected chi connectivity index (χ0v) is 18.8. The van der Waals surface area contributed by atoms with Crippen molar-refractivity contribution in [2.75, 3.05) is 0 Å². The summed E-state index contributed by atoms with van der Waals surface area (Å²) < 4.78 is 0. The summed E-state index contributed by atoms with van der Waals surface area (Å²) >= 11 is 0. The molecule has 5 rings (SSSR count). The molecule has 164 valence electrons. The number of ketones is 3. The van der Waals surface area contributed by atoms with Crippen LogP contribution in [0.2, 0.25) is 0 Å². The summed E-state index contributed by atoms with van der Waals surface area (Å²) in [5.74, 6) is -1.27. The molecule has 1 aliphatic carbocycles. The van der Waals surface area contributed by atoms with Crippen LogP contribution in [0.4, 0.5) is 0 Å². The van der Waals surface area contributed by atoms with Gasteiger partial charge < -0.3 is 4.90 Å². The molecule has 1 fully saturated rings.